The van der Waals surface area contributed by atoms with E-state index in [0.29, 0.717) is 5.41 Å². The van der Waals surface area contributed by atoms with E-state index in [2.05, 4.69) is 12.2 Å². The molecule has 0 bridgehead atoms. The number of nitrogens with one attached hydrogen (secondary N) is 1. The van der Waals surface area contributed by atoms with Crippen LogP contribution in [0.5, 0.6) is 0 Å². The summed E-state index contributed by atoms with van der Waals surface area (Å²) in [5.74, 6) is 0.861. The zero-order valence-corrected chi connectivity index (χ0v) is 9.23. The van der Waals surface area contributed by atoms with Crippen LogP contribution >= 0.6 is 0 Å². The lowest BCUT2D eigenvalue weighted by Crippen LogP contribution is -2.39. The molecule has 2 nitrogen and oxygen atoms in total. The SMILES string of the molecule is CNCC(C)(COC)C1CCCC1. The first kappa shape index (κ1) is 11.0. The Morgan fingerprint density at radius 1 is 1.38 bits per heavy atom. The maximum atomic E-state index is 5.33. The highest BCUT2D eigenvalue weighted by atomic mass is 16.5. The first-order valence-corrected chi connectivity index (χ1v) is 5.36. The summed E-state index contributed by atoms with van der Waals surface area (Å²) >= 11 is 0. The minimum absolute atomic E-state index is 0.347. The molecule has 0 aliphatic heterocycles. The van der Waals surface area contributed by atoms with Crippen LogP contribution in [0.3, 0.4) is 0 Å². The molecule has 78 valence electrons. The van der Waals surface area contributed by atoms with Crippen LogP contribution in [0.15, 0.2) is 0 Å². The molecule has 1 aliphatic rings. The Balaban J connectivity index is 2.52. The molecule has 0 radical (unpaired) electrons. The van der Waals surface area contributed by atoms with Crippen LogP contribution in [0.25, 0.3) is 0 Å². The summed E-state index contributed by atoms with van der Waals surface area (Å²) in [4.78, 5) is 0. The van der Waals surface area contributed by atoms with Crippen LogP contribution in [0, 0.1) is 11.3 Å². The van der Waals surface area contributed by atoms with Gasteiger partial charge in [0.2, 0.25) is 0 Å². The second-order valence-corrected chi connectivity index (χ2v) is 4.60. The standard InChI is InChI=1S/C11H23NO/c1-11(8-12-2,9-13-3)10-6-4-5-7-10/h10,12H,4-9H2,1-3H3. The van der Waals surface area contributed by atoms with Gasteiger partial charge in [-0.05, 0) is 25.8 Å². The molecule has 0 aromatic carbocycles. The Kier molecular flexibility index (Phi) is 4.20. The van der Waals surface area contributed by atoms with Gasteiger partial charge in [-0.25, -0.2) is 0 Å². The maximum absolute atomic E-state index is 5.33. The van der Waals surface area contributed by atoms with Gasteiger partial charge in [-0.2, -0.15) is 0 Å². The van der Waals surface area contributed by atoms with Gasteiger partial charge in [0, 0.05) is 19.1 Å². The number of hydrogen-bond acceptors (Lipinski definition) is 2. The number of hydrogen-bond donors (Lipinski definition) is 1. The van der Waals surface area contributed by atoms with E-state index >= 15 is 0 Å². The molecule has 1 fully saturated rings. The zero-order chi connectivity index (χ0) is 9.73. The smallest absolute Gasteiger partial charge is 0.0530 e. The molecule has 1 atom stereocenters. The molecule has 0 aromatic rings. The van der Waals surface area contributed by atoms with E-state index in [4.69, 9.17) is 4.74 Å². The molecule has 1 unspecified atom stereocenters. The molecule has 0 amide bonds. The fourth-order valence-corrected chi connectivity index (χ4v) is 2.67. The van der Waals surface area contributed by atoms with Gasteiger partial charge in [0.15, 0.2) is 0 Å². The highest BCUT2D eigenvalue weighted by Crippen LogP contribution is 2.39. The number of ether oxygens (including phenoxy) is 1. The number of methoxy groups -OCH3 is 1. The third kappa shape index (κ3) is 2.68. The maximum Gasteiger partial charge on any atom is 0.0530 e. The molecular formula is C11H23NO. The van der Waals surface area contributed by atoms with Gasteiger partial charge >= 0.3 is 0 Å². The minimum Gasteiger partial charge on any atom is -0.384 e. The van der Waals surface area contributed by atoms with Crippen LogP contribution in [0.4, 0.5) is 0 Å². The highest BCUT2D eigenvalue weighted by molar-refractivity contribution is 4.86. The lowest BCUT2D eigenvalue weighted by Gasteiger charge is -2.34. The average Bonchev–Trinajstić information content (AvgIpc) is 2.57. The predicted molar refractivity (Wildman–Crippen MR) is 55.9 cm³/mol. The van der Waals surface area contributed by atoms with E-state index in [1.165, 1.54) is 25.7 Å². The molecule has 0 heterocycles. The quantitative estimate of drug-likeness (QED) is 0.708. The second kappa shape index (κ2) is 4.97. The molecule has 0 spiro atoms. The van der Waals surface area contributed by atoms with Gasteiger partial charge < -0.3 is 10.1 Å². The Bertz CT molecular complexity index is 135. The van der Waals surface area contributed by atoms with Crippen LogP contribution < -0.4 is 5.32 Å². The van der Waals surface area contributed by atoms with Crippen molar-refractivity contribution in [1.29, 1.82) is 0 Å². The lowest BCUT2D eigenvalue weighted by atomic mass is 9.76. The van der Waals surface area contributed by atoms with Crippen molar-refractivity contribution >= 4 is 0 Å². The molecule has 1 N–H and O–H groups in total. The normalized spacial score (nSPS) is 23.3. The molecule has 0 saturated heterocycles. The van der Waals surface area contributed by atoms with E-state index in [9.17, 15) is 0 Å². The summed E-state index contributed by atoms with van der Waals surface area (Å²) in [6.45, 7) is 4.31. The molecule has 1 rings (SSSR count). The van der Waals surface area contributed by atoms with Crippen molar-refractivity contribution in [2.45, 2.75) is 32.6 Å². The van der Waals surface area contributed by atoms with Crippen molar-refractivity contribution in [1.82, 2.24) is 5.32 Å². The van der Waals surface area contributed by atoms with Crippen LogP contribution in [-0.2, 0) is 4.74 Å². The highest BCUT2D eigenvalue weighted by Gasteiger charge is 2.35. The first-order valence-electron chi connectivity index (χ1n) is 5.36. The van der Waals surface area contributed by atoms with Gasteiger partial charge in [-0.1, -0.05) is 19.8 Å². The van der Waals surface area contributed by atoms with Crippen molar-refractivity contribution in [3.05, 3.63) is 0 Å². The van der Waals surface area contributed by atoms with Crippen molar-refractivity contribution in [3.63, 3.8) is 0 Å². The summed E-state index contributed by atoms with van der Waals surface area (Å²) in [6.07, 6.45) is 5.60. The van der Waals surface area contributed by atoms with Crippen molar-refractivity contribution < 1.29 is 4.74 Å². The van der Waals surface area contributed by atoms with Crippen molar-refractivity contribution in [2.24, 2.45) is 11.3 Å². The van der Waals surface area contributed by atoms with Crippen molar-refractivity contribution in [2.75, 3.05) is 27.3 Å². The Morgan fingerprint density at radius 3 is 2.46 bits per heavy atom. The molecule has 13 heavy (non-hydrogen) atoms. The fraction of sp³-hybridized carbons (Fsp3) is 1.00. The second-order valence-electron chi connectivity index (χ2n) is 4.60. The minimum atomic E-state index is 0.347. The van der Waals surface area contributed by atoms with Crippen molar-refractivity contribution in [3.8, 4) is 0 Å². The molecule has 0 aromatic heterocycles. The van der Waals surface area contributed by atoms with E-state index in [0.717, 1.165) is 19.1 Å². The van der Waals surface area contributed by atoms with E-state index in [-0.39, 0.29) is 0 Å². The summed E-state index contributed by atoms with van der Waals surface area (Å²) in [5.41, 5.74) is 0.347. The Morgan fingerprint density at radius 2 is 2.00 bits per heavy atom. The summed E-state index contributed by atoms with van der Waals surface area (Å²) in [7, 11) is 3.84. The van der Waals surface area contributed by atoms with Crippen LogP contribution in [-0.4, -0.2) is 27.3 Å². The third-order valence-electron chi connectivity index (χ3n) is 3.40. The first-order chi connectivity index (χ1) is 6.23. The molecule has 2 heteroatoms. The van der Waals surface area contributed by atoms with E-state index < -0.39 is 0 Å². The Labute approximate surface area is 82.0 Å². The topological polar surface area (TPSA) is 21.3 Å². The molecule has 1 aliphatic carbocycles. The number of rotatable bonds is 5. The van der Waals surface area contributed by atoms with E-state index in [1.54, 1.807) is 0 Å². The van der Waals surface area contributed by atoms with Gasteiger partial charge in [0.25, 0.3) is 0 Å². The van der Waals surface area contributed by atoms with Crippen LogP contribution in [0.1, 0.15) is 32.6 Å². The predicted octanol–water partition coefficient (Wildman–Crippen LogP) is 2.05. The van der Waals surface area contributed by atoms with Gasteiger partial charge in [0.1, 0.15) is 0 Å². The third-order valence-corrected chi connectivity index (χ3v) is 3.40. The average molecular weight is 185 g/mol. The summed E-state index contributed by atoms with van der Waals surface area (Å²) < 4.78 is 5.33. The largest absolute Gasteiger partial charge is 0.384 e. The fourth-order valence-electron chi connectivity index (χ4n) is 2.67. The molecule has 1 saturated carbocycles. The zero-order valence-electron chi connectivity index (χ0n) is 9.23. The summed E-state index contributed by atoms with van der Waals surface area (Å²) in [6, 6.07) is 0. The van der Waals surface area contributed by atoms with E-state index in [1.807, 2.05) is 14.2 Å². The van der Waals surface area contributed by atoms with Gasteiger partial charge in [-0.3, -0.25) is 0 Å². The molecular weight excluding hydrogens is 162 g/mol. The monoisotopic (exact) mass is 185 g/mol. The van der Waals surface area contributed by atoms with Gasteiger partial charge in [-0.15, -0.1) is 0 Å². The lowest BCUT2D eigenvalue weighted by molar-refractivity contribution is 0.0482. The summed E-state index contributed by atoms with van der Waals surface area (Å²) in [5, 5.41) is 3.29. The van der Waals surface area contributed by atoms with Gasteiger partial charge in [0.05, 0.1) is 6.61 Å². The van der Waals surface area contributed by atoms with Crippen LogP contribution in [0.2, 0.25) is 0 Å². The Hall–Kier alpha value is -0.0800.